The number of fused-ring (bicyclic) bond motifs is 1. The number of carbonyl (C=O) groups excluding carboxylic acids is 1. The van der Waals surface area contributed by atoms with E-state index in [2.05, 4.69) is 23.0 Å². The quantitative estimate of drug-likeness (QED) is 0.473. The first-order chi connectivity index (χ1) is 17.3. The maximum Gasteiger partial charge on any atom is 0.256 e. The van der Waals surface area contributed by atoms with Crippen LogP contribution in [-0.4, -0.2) is 71.2 Å². The van der Waals surface area contributed by atoms with Crippen molar-refractivity contribution >= 4 is 16.8 Å². The van der Waals surface area contributed by atoms with Crippen molar-refractivity contribution in [3.8, 4) is 5.69 Å². The zero-order chi connectivity index (χ0) is 25.4. The maximum absolute atomic E-state index is 14.3. The molecule has 3 aromatic rings. The van der Waals surface area contributed by atoms with E-state index in [1.165, 1.54) is 35.9 Å². The molecule has 4 heterocycles. The van der Waals surface area contributed by atoms with Crippen molar-refractivity contribution < 1.29 is 13.9 Å². The number of rotatable bonds is 7. The van der Waals surface area contributed by atoms with Crippen molar-refractivity contribution in [1.82, 2.24) is 19.4 Å². The van der Waals surface area contributed by atoms with Crippen LogP contribution in [-0.2, 0) is 11.2 Å². The molecule has 0 saturated carbocycles. The molecule has 2 saturated heterocycles. The van der Waals surface area contributed by atoms with E-state index in [-0.39, 0.29) is 11.9 Å². The molecule has 7 heteroatoms. The maximum atomic E-state index is 14.3. The fourth-order valence-corrected chi connectivity index (χ4v) is 5.76. The summed E-state index contributed by atoms with van der Waals surface area (Å²) in [6, 6.07) is 4.50. The molecule has 1 amide bonds. The van der Waals surface area contributed by atoms with E-state index in [4.69, 9.17) is 4.74 Å². The molecule has 36 heavy (non-hydrogen) atoms. The lowest BCUT2D eigenvalue weighted by Crippen LogP contribution is -2.33. The topological polar surface area (TPSA) is 50.6 Å². The highest BCUT2D eigenvalue weighted by Crippen LogP contribution is 2.33. The number of pyridine rings is 1. The number of aromatic nitrogens is 2. The lowest BCUT2D eigenvalue weighted by atomic mass is 9.97. The van der Waals surface area contributed by atoms with Crippen molar-refractivity contribution in [2.75, 3.05) is 39.9 Å². The van der Waals surface area contributed by atoms with Crippen LogP contribution in [0.3, 0.4) is 0 Å². The van der Waals surface area contributed by atoms with E-state index in [0.29, 0.717) is 23.1 Å². The zero-order valence-electron chi connectivity index (χ0n) is 21.8. The normalized spacial score (nSPS) is 20.6. The molecule has 0 unspecified atom stereocenters. The van der Waals surface area contributed by atoms with Gasteiger partial charge in [0.05, 0.1) is 29.6 Å². The Kier molecular flexibility index (Phi) is 7.13. The Morgan fingerprint density at radius 2 is 2.08 bits per heavy atom. The second kappa shape index (κ2) is 10.3. The molecule has 2 fully saturated rings. The molecule has 0 N–H and O–H groups in total. The summed E-state index contributed by atoms with van der Waals surface area (Å²) in [5.41, 5.74) is 4.39. The van der Waals surface area contributed by atoms with Gasteiger partial charge in [0, 0.05) is 50.6 Å². The van der Waals surface area contributed by atoms with E-state index < -0.39 is 5.82 Å². The van der Waals surface area contributed by atoms with Gasteiger partial charge in [0.15, 0.2) is 0 Å². The molecule has 0 radical (unpaired) electrons. The van der Waals surface area contributed by atoms with Gasteiger partial charge in [-0.25, -0.2) is 4.39 Å². The highest BCUT2D eigenvalue weighted by Gasteiger charge is 2.28. The monoisotopic (exact) mass is 492 g/mol. The number of carbonyl (C=O) groups is 1. The fraction of sp³-hybridized carbons (Fsp3) is 0.517. The Bertz CT molecular complexity index is 1250. The first kappa shape index (κ1) is 24.9. The summed E-state index contributed by atoms with van der Waals surface area (Å²) in [4.78, 5) is 22.0. The third kappa shape index (κ3) is 4.91. The van der Waals surface area contributed by atoms with Crippen molar-refractivity contribution in [2.45, 2.75) is 46.1 Å². The molecule has 2 atom stereocenters. The molecular formula is C29H37FN4O2. The number of likely N-dealkylation sites (tertiary alicyclic amines) is 1. The van der Waals surface area contributed by atoms with E-state index in [9.17, 15) is 9.18 Å². The van der Waals surface area contributed by atoms with Gasteiger partial charge in [-0.2, -0.15) is 0 Å². The molecule has 0 aliphatic carbocycles. The number of halogens is 1. The van der Waals surface area contributed by atoms with Crippen LogP contribution in [0.2, 0.25) is 0 Å². The standard InChI is InChI=1S/C29H37FN4O2/c1-19(2)32(4)29(35)25-12-24(30)5-6-26(25)34-17-23(28-20(3)13-31-14-27(28)34)11-21-7-9-33(15-21)16-22-8-10-36-18-22/h5-6,12-14,17,19,21-22H,7-11,15-16,18H2,1-4H3/t21-,22-/m0/s1. The van der Waals surface area contributed by atoms with Gasteiger partial charge in [0.2, 0.25) is 0 Å². The molecule has 2 aromatic heterocycles. The highest BCUT2D eigenvalue weighted by atomic mass is 19.1. The molecule has 0 bridgehead atoms. The van der Waals surface area contributed by atoms with E-state index in [0.717, 1.165) is 50.3 Å². The minimum atomic E-state index is -0.413. The second-order valence-electron chi connectivity index (χ2n) is 10.9. The minimum absolute atomic E-state index is 0.00982. The Morgan fingerprint density at radius 1 is 1.25 bits per heavy atom. The van der Waals surface area contributed by atoms with Crippen molar-refractivity contribution in [1.29, 1.82) is 0 Å². The number of hydrogen-bond acceptors (Lipinski definition) is 4. The average Bonchev–Trinajstić information content (AvgIpc) is 3.60. The summed E-state index contributed by atoms with van der Waals surface area (Å²) >= 11 is 0. The predicted octanol–water partition coefficient (Wildman–Crippen LogP) is 4.85. The van der Waals surface area contributed by atoms with Crippen molar-refractivity contribution in [3.05, 3.63) is 59.3 Å². The van der Waals surface area contributed by atoms with Crippen LogP contribution in [0, 0.1) is 24.6 Å². The van der Waals surface area contributed by atoms with Crippen LogP contribution < -0.4 is 0 Å². The van der Waals surface area contributed by atoms with Gasteiger partial charge in [-0.1, -0.05) is 0 Å². The van der Waals surface area contributed by atoms with Crippen LogP contribution in [0.15, 0.2) is 36.8 Å². The summed E-state index contributed by atoms with van der Waals surface area (Å²) in [6.45, 7) is 11.2. The third-order valence-electron chi connectivity index (χ3n) is 7.94. The highest BCUT2D eigenvalue weighted by molar-refractivity contribution is 5.99. The molecule has 6 nitrogen and oxygen atoms in total. The molecule has 5 rings (SSSR count). The molecule has 2 aliphatic heterocycles. The molecular weight excluding hydrogens is 455 g/mol. The zero-order valence-corrected chi connectivity index (χ0v) is 21.8. The van der Waals surface area contributed by atoms with Crippen LogP contribution >= 0.6 is 0 Å². The third-order valence-corrected chi connectivity index (χ3v) is 7.94. The van der Waals surface area contributed by atoms with Gasteiger partial charge in [-0.15, -0.1) is 0 Å². The lowest BCUT2D eigenvalue weighted by molar-refractivity contribution is 0.0754. The number of benzene rings is 1. The number of amides is 1. The summed E-state index contributed by atoms with van der Waals surface area (Å²) in [5, 5.41) is 1.19. The van der Waals surface area contributed by atoms with Gasteiger partial charge in [-0.3, -0.25) is 9.78 Å². The first-order valence-corrected chi connectivity index (χ1v) is 13.1. The van der Waals surface area contributed by atoms with E-state index >= 15 is 0 Å². The summed E-state index contributed by atoms with van der Waals surface area (Å²) in [6.07, 6.45) is 9.24. The summed E-state index contributed by atoms with van der Waals surface area (Å²) in [7, 11) is 1.76. The molecule has 2 aliphatic rings. The van der Waals surface area contributed by atoms with Crippen LogP contribution in [0.4, 0.5) is 4.39 Å². The van der Waals surface area contributed by atoms with Crippen molar-refractivity contribution in [3.63, 3.8) is 0 Å². The average molecular weight is 493 g/mol. The van der Waals surface area contributed by atoms with Crippen molar-refractivity contribution in [2.24, 2.45) is 11.8 Å². The van der Waals surface area contributed by atoms with Gasteiger partial charge in [0.25, 0.3) is 5.91 Å². The lowest BCUT2D eigenvalue weighted by Gasteiger charge is -2.23. The first-order valence-electron chi connectivity index (χ1n) is 13.1. The Morgan fingerprint density at radius 3 is 2.83 bits per heavy atom. The van der Waals surface area contributed by atoms with Gasteiger partial charge < -0.3 is 19.1 Å². The van der Waals surface area contributed by atoms with Crippen LogP contribution in [0.25, 0.3) is 16.6 Å². The predicted molar refractivity (Wildman–Crippen MR) is 140 cm³/mol. The minimum Gasteiger partial charge on any atom is -0.381 e. The van der Waals surface area contributed by atoms with Gasteiger partial charge >= 0.3 is 0 Å². The number of ether oxygens (including phenoxy) is 1. The molecule has 192 valence electrons. The van der Waals surface area contributed by atoms with Gasteiger partial charge in [0.1, 0.15) is 5.82 Å². The fourth-order valence-electron chi connectivity index (χ4n) is 5.76. The number of hydrogen-bond donors (Lipinski definition) is 0. The largest absolute Gasteiger partial charge is 0.381 e. The molecule has 0 spiro atoms. The second-order valence-corrected chi connectivity index (χ2v) is 10.9. The van der Waals surface area contributed by atoms with E-state index in [1.807, 2.05) is 30.8 Å². The summed E-state index contributed by atoms with van der Waals surface area (Å²) < 4.78 is 21.9. The summed E-state index contributed by atoms with van der Waals surface area (Å²) in [5.74, 6) is 0.646. The Labute approximate surface area is 213 Å². The van der Waals surface area contributed by atoms with E-state index in [1.54, 1.807) is 18.0 Å². The van der Waals surface area contributed by atoms with Crippen LogP contribution in [0.1, 0.15) is 48.2 Å². The SMILES string of the molecule is Cc1cncc2c1c(C[C@@H]1CCN(C[C@@H]3CCOC3)C1)cn2-c1ccc(F)cc1C(=O)N(C)C(C)C. The number of nitrogens with zero attached hydrogens (tertiary/aromatic N) is 4. The van der Waals surface area contributed by atoms with Crippen LogP contribution in [0.5, 0.6) is 0 Å². The number of aryl methyl sites for hydroxylation is 1. The Balaban J connectivity index is 1.48. The Hall–Kier alpha value is -2.77. The molecule has 1 aromatic carbocycles. The smallest absolute Gasteiger partial charge is 0.256 e. The van der Waals surface area contributed by atoms with Gasteiger partial charge in [-0.05, 0) is 87.7 Å².